The van der Waals surface area contributed by atoms with E-state index < -0.39 is 23.9 Å². The maximum absolute atomic E-state index is 12.4. The zero-order valence-electron chi connectivity index (χ0n) is 16.8. The van der Waals surface area contributed by atoms with E-state index in [2.05, 4.69) is 4.99 Å². The van der Waals surface area contributed by atoms with Crippen LogP contribution in [0.5, 0.6) is 5.75 Å². The average Bonchev–Trinajstić information content (AvgIpc) is 3.12. The molecule has 1 amide bonds. The van der Waals surface area contributed by atoms with Gasteiger partial charge in [0.25, 0.3) is 5.91 Å². The van der Waals surface area contributed by atoms with Crippen molar-refractivity contribution in [3.63, 3.8) is 0 Å². The van der Waals surface area contributed by atoms with Gasteiger partial charge in [0.15, 0.2) is 11.3 Å². The van der Waals surface area contributed by atoms with Gasteiger partial charge in [0, 0.05) is 7.05 Å². The van der Waals surface area contributed by atoms with Crippen LogP contribution in [0, 0.1) is 0 Å². The Kier molecular flexibility index (Phi) is 6.76. The van der Waals surface area contributed by atoms with Crippen LogP contribution in [0.3, 0.4) is 0 Å². The molecule has 160 valence electrons. The third kappa shape index (κ3) is 5.13. The molecule has 1 aliphatic rings. The Bertz CT molecular complexity index is 1080. The number of amidine groups is 1. The average molecular weight is 440 g/mol. The van der Waals surface area contributed by atoms with E-state index in [1.165, 1.54) is 6.07 Å². The number of para-hydroxylation sites is 1. The molecule has 0 saturated carbocycles. The molecule has 0 fully saturated rings. The van der Waals surface area contributed by atoms with Gasteiger partial charge < -0.3 is 19.8 Å². The van der Waals surface area contributed by atoms with Crippen LogP contribution in [0.15, 0.2) is 58.4 Å². The number of carbonyl (C=O) groups is 3. The molecule has 2 N–H and O–H groups in total. The second kappa shape index (κ2) is 9.48. The Morgan fingerprint density at radius 3 is 2.45 bits per heavy atom. The molecule has 0 bridgehead atoms. The smallest absolute Gasteiger partial charge is 0.344 e. The van der Waals surface area contributed by atoms with Crippen molar-refractivity contribution in [2.24, 2.45) is 4.99 Å². The van der Waals surface area contributed by atoms with Crippen molar-refractivity contribution in [2.45, 2.75) is 19.4 Å². The van der Waals surface area contributed by atoms with Crippen molar-refractivity contribution in [3.8, 4) is 5.75 Å². The highest BCUT2D eigenvalue weighted by Crippen LogP contribution is 2.33. The summed E-state index contributed by atoms with van der Waals surface area (Å²) in [6.45, 7) is 1.73. The van der Waals surface area contributed by atoms with Crippen molar-refractivity contribution < 1.29 is 29.3 Å². The standard InChI is InChI=1S/C22H20N2O6S/c1-3-17(21(28)29)30-14-10-8-13(9-11-14)12-18-19(25)23-22(31-18)24(2)16-7-5-4-6-15(16)20(26)27/h4-12,17H,3H2,1-2H3,(H,26,27)(H,28,29)/b18-12-. The highest BCUT2D eigenvalue weighted by Gasteiger charge is 2.27. The van der Waals surface area contributed by atoms with Gasteiger partial charge in [0.2, 0.25) is 0 Å². The van der Waals surface area contributed by atoms with Gasteiger partial charge >= 0.3 is 11.9 Å². The number of benzene rings is 2. The number of aliphatic imine (C=N–C) groups is 1. The summed E-state index contributed by atoms with van der Waals surface area (Å²) in [7, 11) is 1.66. The molecule has 0 aromatic heterocycles. The van der Waals surface area contributed by atoms with Crippen LogP contribution in [0.2, 0.25) is 0 Å². The molecular weight excluding hydrogens is 420 g/mol. The monoisotopic (exact) mass is 440 g/mol. The van der Waals surface area contributed by atoms with E-state index in [1.807, 2.05) is 0 Å². The number of carbonyl (C=O) groups excluding carboxylic acids is 1. The number of carboxylic acid groups (broad SMARTS) is 2. The Morgan fingerprint density at radius 2 is 1.84 bits per heavy atom. The van der Waals surface area contributed by atoms with Crippen LogP contribution in [-0.4, -0.2) is 46.4 Å². The SMILES string of the molecule is CCC(Oc1ccc(/C=C2\SC(N(C)c3ccccc3C(=O)O)=NC2=O)cc1)C(=O)O. The van der Waals surface area contributed by atoms with Crippen molar-refractivity contribution in [1.82, 2.24) is 0 Å². The molecule has 31 heavy (non-hydrogen) atoms. The number of amides is 1. The first-order chi connectivity index (χ1) is 14.8. The fourth-order valence-corrected chi connectivity index (χ4v) is 3.75. The van der Waals surface area contributed by atoms with Crippen LogP contribution in [0.4, 0.5) is 5.69 Å². The van der Waals surface area contributed by atoms with Gasteiger partial charge in [0.05, 0.1) is 16.2 Å². The number of thioether (sulfide) groups is 1. The summed E-state index contributed by atoms with van der Waals surface area (Å²) in [5, 5.41) is 18.8. The van der Waals surface area contributed by atoms with Crippen molar-refractivity contribution in [2.75, 3.05) is 11.9 Å². The van der Waals surface area contributed by atoms with Crippen molar-refractivity contribution in [3.05, 3.63) is 64.6 Å². The molecule has 1 heterocycles. The third-order valence-corrected chi connectivity index (χ3v) is 5.55. The number of rotatable bonds is 7. The molecule has 1 aliphatic heterocycles. The highest BCUT2D eigenvalue weighted by atomic mass is 32.2. The molecule has 0 spiro atoms. The van der Waals surface area contributed by atoms with Gasteiger partial charge in [-0.2, -0.15) is 4.99 Å². The summed E-state index contributed by atoms with van der Waals surface area (Å²) >= 11 is 1.14. The van der Waals surface area contributed by atoms with Gasteiger partial charge in [-0.3, -0.25) is 4.79 Å². The zero-order valence-corrected chi connectivity index (χ0v) is 17.6. The summed E-state index contributed by atoms with van der Waals surface area (Å²) < 4.78 is 5.43. The zero-order chi connectivity index (χ0) is 22.5. The number of aliphatic carboxylic acids is 1. The number of hydrogen-bond donors (Lipinski definition) is 2. The van der Waals surface area contributed by atoms with E-state index in [4.69, 9.17) is 9.84 Å². The van der Waals surface area contributed by atoms with Crippen molar-refractivity contribution in [1.29, 1.82) is 0 Å². The van der Waals surface area contributed by atoms with E-state index >= 15 is 0 Å². The van der Waals surface area contributed by atoms with Gasteiger partial charge in [-0.05, 0) is 54.1 Å². The predicted octanol–water partition coefficient (Wildman–Crippen LogP) is 3.73. The first kappa shape index (κ1) is 22.1. The fraction of sp³-hybridized carbons (Fsp3) is 0.182. The normalized spacial score (nSPS) is 15.5. The maximum atomic E-state index is 12.4. The number of aromatic carboxylic acids is 1. The molecular formula is C22H20N2O6S. The molecule has 3 rings (SSSR count). The van der Waals surface area contributed by atoms with Gasteiger partial charge in [-0.1, -0.05) is 31.2 Å². The second-order valence-electron chi connectivity index (χ2n) is 6.61. The van der Waals surface area contributed by atoms with Crippen LogP contribution < -0.4 is 9.64 Å². The Balaban J connectivity index is 1.74. The molecule has 2 aromatic carbocycles. The molecule has 0 aliphatic carbocycles. The molecule has 0 radical (unpaired) electrons. The number of nitrogens with zero attached hydrogens (tertiary/aromatic N) is 2. The minimum atomic E-state index is -1.07. The lowest BCUT2D eigenvalue weighted by atomic mass is 10.1. The minimum Gasteiger partial charge on any atom is -0.479 e. The molecule has 1 atom stereocenters. The van der Waals surface area contributed by atoms with Crippen LogP contribution in [0.25, 0.3) is 6.08 Å². The van der Waals surface area contributed by atoms with E-state index in [9.17, 15) is 19.5 Å². The lowest BCUT2D eigenvalue weighted by Crippen LogP contribution is -2.25. The van der Waals surface area contributed by atoms with Crippen LogP contribution >= 0.6 is 11.8 Å². The lowest BCUT2D eigenvalue weighted by Gasteiger charge is -2.19. The first-order valence-electron chi connectivity index (χ1n) is 9.38. The maximum Gasteiger partial charge on any atom is 0.344 e. The van der Waals surface area contributed by atoms with Crippen LogP contribution in [0.1, 0.15) is 29.3 Å². The number of hydrogen-bond acceptors (Lipinski definition) is 6. The molecule has 0 saturated heterocycles. The summed E-state index contributed by atoms with van der Waals surface area (Å²) in [6, 6.07) is 13.2. The topological polar surface area (TPSA) is 116 Å². The number of anilines is 1. The van der Waals surface area contributed by atoms with E-state index in [0.717, 1.165) is 17.3 Å². The quantitative estimate of drug-likeness (QED) is 0.626. The highest BCUT2D eigenvalue weighted by molar-refractivity contribution is 8.18. The second-order valence-corrected chi connectivity index (χ2v) is 7.62. The summed E-state index contributed by atoms with van der Waals surface area (Å²) in [4.78, 5) is 40.9. The Hall–Kier alpha value is -3.59. The van der Waals surface area contributed by atoms with E-state index in [-0.39, 0.29) is 5.56 Å². The van der Waals surface area contributed by atoms with Crippen molar-refractivity contribution >= 4 is 46.5 Å². The Labute approximate surface area is 182 Å². The van der Waals surface area contributed by atoms with Gasteiger partial charge in [-0.15, -0.1) is 0 Å². The number of carboxylic acids is 2. The number of ether oxygens (including phenoxy) is 1. The fourth-order valence-electron chi connectivity index (χ4n) is 2.86. The third-order valence-electron chi connectivity index (χ3n) is 4.49. The summed E-state index contributed by atoms with van der Waals surface area (Å²) in [5.74, 6) is -2.09. The molecule has 8 nitrogen and oxygen atoms in total. The van der Waals surface area contributed by atoms with E-state index in [0.29, 0.717) is 27.9 Å². The lowest BCUT2D eigenvalue weighted by molar-refractivity contribution is -0.145. The minimum absolute atomic E-state index is 0.112. The largest absolute Gasteiger partial charge is 0.479 e. The predicted molar refractivity (Wildman–Crippen MR) is 119 cm³/mol. The molecule has 9 heteroatoms. The Morgan fingerprint density at radius 1 is 1.16 bits per heavy atom. The van der Waals surface area contributed by atoms with Gasteiger partial charge in [0.1, 0.15) is 5.75 Å². The first-order valence-corrected chi connectivity index (χ1v) is 10.2. The summed E-state index contributed by atoms with van der Waals surface area (Å²) in [6.07, 6.45) is 1.08. The van der Waals surface area contributed by atoms with Gasteiger partial charge in [-0.25, -0.2) is 9.59 Å². The van der Waals surface area contributed by atoms with E-state index in [1.54, 1.807) is 67.4 Å². The summed E-state index contributed by atoms with van der Waals surface area (Å²) in [5.41, 5.74) is 1.26. The molecule has 2 aromatic rings. The van der Waals surface area contributed by atoms with Crippen LogP contribution in [-0.2, 0) is 9.59 Å². The molecule has 1 unspecified atom stereocenters.